The minimum absolute atomic E-state index is 0.0658. The predicted molar refractivity (Wildman–Crippen MR) is 145 cm³/mol. The molecule has 0 bridgehead atoms. The van der Waals surface area contributed by atoms with E-state index in [1.54, 1.807) is 0 Å². The molecular formula is C31H58N2O. The average molecular weight is 475 g/mol. The number of aliphatic hydroxyl groups is 1. The van der Waals surface area contributed by atoms with E-state index < -0.39 is 0 Å². The zero-order chi connectivity index (χ0) is 24.5. The summed E-state index contributed by atoms with van der Waals surface area (Å²) in [6.07, 6.45) is 16.9. The molecule has 4 N–H and O–H groups in total. The van der Waals surface area contributed by atoms with E-state index in [2.05, 4.69) is 39.9 Å². The molecule has 10 atom stereocenters. The summed E-state index contributed by atoms with van der Waals surface area (Å²) in [5.74, 6) is 5.90. The highest BCUT2D eigenvalue weighted by Gasteiger charge is 2.62. The molecular weight excluding hydrogens is 416 g/mol. The minimum atomic E-state index is -0.0658. The van der Waals surface area contributed by atoms with E-state index >= 15 is 0 Å². The first-order valence-electron chi connectivity index (χ1n) is 15.3. The van der Waals surface area contributed by atoms with Crippen molar-refractivity contribution in [1.29, 1.82) is 0 Å². The lowest BCUT2D eigenvalue weighted by atomic mass is 9.43. The molecule has 3 nitrogen and oxygen atoms in total. The summed E-state index contributed by atoms with van der Waals surface area (Å²) in [4.78, 5) is 0. The molecule has 4 aliphatic carbocycles. The largest absolute Gasteiger partial charge is 0.393 e. The Morgan fingerprint density at radius 2 is 1.62 bits per heavy atom. The predicted octanol–water partition coefficient (Wildman–Crippen LogP) is 6.78. The Labute approximate surface area is 211 Å². The van der Waals surface area contributed by atoms with Gasteiger partial charge in [0.25, 0.3) is 0 Å². The third-order valence-corrected chi connectivity index (χ3v) is 11.9. The van der Waals surface area contributed by atoms with Crippen molar-refractivity contribution in [1.82, 2.24) is 5.32 Å². The summed E-state index contributed by atoms with van der Waals surface area (Å²) in [5.41, 5.74) is 6.78. The van der Waals surface area contributed by atoms with Crippen molar-refractivity contribution < 1.29 is 5.11 Å². The van der Waals surface area contributed by atoms with Gasteiger partial charge in [0.15, 0.2) is 0 Å². The Bertz CT molecular complexity index is 651. The Balaban J connectivity index is 1.53. The van der Waals surface area contributed by atoms with Gasteiger partial charge in [-0.15, -0.1) is 0 Å². The summed E-state index contributed by atoms with van der Waals surface area (Å²) < 4.78 is 0. The second kappa shape index (κ2) is 11.1. The average Bonchev–Trinajstić information content (AvgIpc) is 3.14. The van der Waals surface area contributed by atoms with Gasteiger partial charge in [0.1, 0.15) is 0 Å². The molecule has 0 aromatic carbocycles. The van der Waals surface area contributed by atoms with Crippen molar-refractivity contribution >= 4 is 0 Å². The van der Waals surface area contributed by atoms with E-state index in [-0.39, 0.29) is 6.10 Å². The fraction of sp³-hybridized carbons (Fsp3) is 1.00. The van der Waals surface area contributed by atoms with Crippen LogP contribution in [0.15, 0.2) is 0 Å². The van der Waals surface area contributed by atoms with Crippen molar-refractivity contribution in [3.63, 3.8) is 0 Å². The first-order valence-corrected chi connectivity index (χ1v) is 15.3. The molecule has 3 heteroatoms. The number of aliphatic hydroxyl groups excluding tert-OH is 1. The van der Waals surface area contributed by atoms with Gasteiger partial charge in [0.2, 0.25) is 0 Å². The van der Waals surface area contributed by atoms with Gasteiger partial charge >= 0.3 is 0 Å². The lowest BCUT2D eigenvalue weighted by molar-refractivity contribution is -0.142. The molecule has 0 radical (unpaired) electrons. The highest BCUT2D eigenvalue weighted by atomic mass is 16.3. The van der Waals surface area contributed by atoms with E-state index in [0.717, 1.165) is 67.9 Å². The van der Waals surface area contributed by atoms with Gasteiger partial charge in [0, 0.05) is 6.04 Å². The summed E-state index contributed by atoms with van der Waals surface area (Å²) in [5, 5.41) is 14.7. The standard InChI is InChI=1S/C31H58N2O/c1-21(2)9-8-10-22(3)25-11-12-26-29-27(14-16-31(25,26)5)30(4)15-13-24(34)19-23(30)20-28(29)33-18-7-6-17-32/h21-29,33-34H,6-20,32H2,1-5H3/t22-,23?,24?,25-,26?,27?,28+,29?,30+,31-/m1/s1. The summed E-state index contributed by atoms with van der Waals surface area (Å²) in [6, 6.07) is 0.644. The quantitative estimate of drug-likeness (QED) is 0.306. The number of fused-ring (bicyclic) bond motifs is 5. The number of hydrogen-bond acceptors (Lipinski definition) is 3. The molecule has 0 aromatic heterocycles. The third-order valence-electron chi connectivity index (χ3n) is 11.9. The second-order valence-electron chi connectivity index (χ2n) is 14.2. The normalized spacial score (nSPS) is 45.0. The zero-order valence-electron chi connectivity index (χ0n) is 23.3. The third kappa shape index (κ3) is 5.14. The smallest absolute Gasteiger partial charge is 0.0543 e. The molecule has 0 amide bonds. The van der Waals surface area contributed by atoms with Gasteiger partial charge in [-0.2, -0.15) is 0 Å². The van der Waals surface area contributed by atoms with Crippen LogP contribution in [0.25, 0.3) is 0 Å². The molecule has 0 spiro atoms. The van der Waals surface area contributed by atoms with Crippen LogP contribution >= 0.6 is 0 Å². The summed E-state index contributed by atoms with van der Waals surface area (Å²) in [6.45, 7) is 14.6. The van der Waals surface area contributed by atoms with E-state index in [9.17, 15) is 5.11 Å². The molecule has 0 aromatic rings. The van der Waals surface area contributed by atoms with Crippen LogP contribution in [0.3, 0.4) is 0 Å². The van der Waals surface area contributed by atoms with Crippen LogP contribution in [0.2, 0.25) is 0 Å². The number of hydrogen-bond donors (Lipinski definition) is 3. The lowest BCUT2D eigenvalue weighted by Crippen LogP contribution is -2.61. The van der Waals surface area contributed by atoms with Crippen LogP contribution in [0.1, 0.15) is 118 Å². The molecule has 0 saturated heterocycles. The Morgan fingerprint density at radius 3 is 2.35 bits per heavy atom. The first kappa shape index (κ1) is 26.9. The van der Waals surface area contributed by atoms with Crippen molar-refractivity contribution in [2.24, 2.45) is 58.0 Å². The lowest BCUT2D eigenvalue weighted by Gasteiger charge is -2.63. The van der Waals surface area contributed by atoms with E-state index in [1.807, 2.05) is 0 Å². The second-order valence-corrected chi connectivity index (χ2v) is 14.2. The molecule has 198 valence electrons. The van der Waals surface area contributed by atoms with Gasteiger partial charge in [-0.05, 0) is 130 Å². The van der Waals surface area contributed by atoms with Gasteiger partial charge in [0.05, 0.1) is 6.10 Å². The highest BCUT2D eigenvalue weighted by Crippen LogP contribution is 2.68. The molecule has 0 aliphatic heterocycles. The molecule has 34 heavy (non-hydrogen) atoms. The fourth-order valence-corrected chi connectivity index (χ4v) is 10.0. The monoisotopic (exact) mass is 474 g/mol. The Morgan fingerprint density at radius 1 is 0.882 bits per heavy atom. The van der Waals surface area contributed by atoms with Crippen molar-refractivity contribution in [3.8, 4) is 0 Å². The van der Waals surface area contributed by atoms with Crippen molar-refractivity contribution in [2.45, 2.75) is 130 Å². The molecule has 0 heterocycles. The summed E-state index contributed by atoms with van der Waals surface area (Å²) >= 11 is 0. The Kier molecular flexibility index (Phi) is 8.79. The molecule has 4 fully saturated rings. The van der Waals surface area contributed by atoms with Gasteiger partial charge in [-0.3, -0.25) is 0 Å². The number of rotatable bonds is 10. The van der Waals surface area contributed by atoms with Crippen LogP contribution in [0, 0.1) is 52.3 Å². The van der Waals surface area contributed by atoms with Crippen LogP contribution in [0.4, 0.5) is 0 Å². The van der Waals surface area contributed by atoms with Crippen LogP contribution in [-0.4, -0.2) is 30.3 Å². The van der Waals surface area contributed by atoms with Crippen LogP contribution in [0.5, 0.6) is 0 Å². The number of nitrogens with two attached hydrogens (primary N) is 1. The molecule has 4 aliphatic rings. The van der Waals surface area contributed by atoms with Gasteiger partial charge in [-0.1, -0.05) is 53.9 Å². The van der Waals surface area contributed by atoms with E-state index in [4.69, 9.17) is 5.73 Å². The molecule has 4 rings (SSSR count). The van der Waals surface area contributed by atoms with Crippen molar-refractivity contribution in [3.05, 3.63) is 0 Å². The highest BCUT2D eigenvalue weighted by molar-refractivity contribution is 5.13. The fourth-order valence-electron chi connectivity index (χ4n) is 10.0. The number of nitrogens with one attached hydrogen (secondary N) is 1. The molecule has 4 saturated carbocycles. The van der Waals surface area contributed by atoms with E-state index in [1.165, 1.54) is 64.2 Å². The first-order chi connectivity index (χ1) is 16.2. The van der Waals surface area contributed by atoms with Gasteiger partial charge in [-0.25, -0.2) is 0 Å². The minimum Gasteiger partial charge on any atom is -0.393 e. The van der Waals surface area contributed by atoms with Crippen molar-refractivity contribution in [2.75, 3.05) is 13.1 Å². The topological polar surface area (TPSA) is 58.3 Å². The SMILES string of the molecule is CC(C)CCC[C@@H](C)[C@H]1CCC2C3C(CC[C@@]21C)[C@@]1(C)CCC(O)CC1C[C@@H]3NCCCCN. The number of unbranched alkanes of at least 4 members (excludes halogenated alkanes) is 1. The summed E-state index contributed by atoms with van der Waals surface area (Å²) in [7, 11) is 0. The zero-order valence-corrected chi connectivity index (χ0v) is 23.3. The maximum atomic E-state index is 10.5. The van der Waals surface area contributed by atoms with E-state index in [0.29, 0.717) is 22.8 Å². The maximum absolute atomic E-state index is 10.5. The molecule has 5 unspecified atom stereocenters. The van der Waals surface area contributed by atoms with Crippen LogP contribution in [-0.2, 0) is 0 Å². The van der Waals surface area contributed by atoms with Crippen LogP contribution < -0.4 is 11.1 Å². The van der Waals surface area contributed by atoms with Gasteiger partial charge < -0.3 is 16.2 Å². The Hall–Kier alpha value is -0.120. The maximum Gasteiger partial charge on any atom is 0.0543 e.